The standard InChI is InChI=1S/C17H24BrNO2/c1-17(2,8-5-9-18)12-19-16(20)14-10-13-6-3-4-7-15(13)21-11-14/h3-4,6-7,14H,5,8-12H2,1-2H3,(H,19,20). The van der Waals surface area contributed by atoms with Gasteiger partial charge in [-0.2, -0.15) is 0 Å². The Kier molecular flexibility index (Phi) is 5.68. The molecule has 1 N–H and O–H groups in total. The first-order chi connectivity index (χ1) is 10.0. The van der Waals surface area contributed by atoms with Crippen molar-refractivity contribution in [3.8, 4) is 5.75 Å². The summed E-state index contributed by atoms with van der Waals surface area (Å²) in [5.41, 5.74) is 1.26. The minimum absolute atomic E-state index is 0.0770. The van der Waals surface area contributed by atoms with Crippen LogP contribution >= 0.6 is 15.9 Å². The number of amides is 1. The Morgan fingerprint density at radius 2 is 2.19 bits per heavy atom. The Bertz CT molecular complexity index is 487. The summed E-state index contributed by atoms with van der Waals surface area (Å²) >= 11 is 3.46. The van der Waals surface area contributed by atoms with Crippen LogP contribution in [-0.4, -0.2) is 24.4 Å². The molecule has 0 bridgehead atoms. The second-order valence-electron chi connectivity index (χ2n) is 6.49. The van der Waals surface area contributed by atoms with Gasteiger partial charge in [0.1, 0.15) is 12.4 Å². The van der Waals surface area contributed by atoms with Crippen LogP contribution in [0.2, 0.25) is 0 Å². The molecule has 0 aromatic heterocycles. The lowest BCUT2D eigenvalue weighted by Gasteiger charge is -2.28. The molecule has 21 heavy (non-hydrogen) atoms. The highest BCUT2D eigenvalue weighted by Crippen LogP contribution is 2.27. The topological polar surface area (TPSA) is 38.3 Å². The van der Waals surface area contributed by atoms with Crippen molar-refractivity contribution in [3.05, 3.63) is 29.8 Å². The average molecular weight is 354 g/mol. The van der Waals surface area contributed by atoms with Gasteiger partial charge in [0.25, 0.3) is 0 Å². The van der Waals surface area contributed by atoms with Crippen molar-refractivity contribution in [1.29, 1.82) is 0 Å². The summed E-state index contributed by atoms with van der Waals surface area (Å²) in [6.07, 6.45) is 3.00. The van der Waals surface area contributed by atoms with Gasteiger partial charge in [0, 0.05) is 11.9 Å². The lowest BCUT2D eigenvalue weighted by atomic mass is 9.87. The van der Waals surface area contributed by atoms with Gasteiger partial charge >= 0.3 is 0 Å². The zero-order valence-electron chi connectivity index (χ0n) is 12.8. The number of hydrogen-bond donors (Lipinski definition) is 1. The maximum atomic E-state index is 12.3. The van der Waals surface area contributed by atoms with Crippen molar-refractivity contribution in [2.45, 2.75) is 33.1 Å². The molecule has 1 unspecified atom stereocenters. The zero-order chi connectivity index (χ0) is 15.3. The SMILES string of the molecule is CC(C)(CCCBr)CNC(=O)C1COc2ccccc2C1. The fourth-order valence-electron chi connectivity index (χ4n) is 2.60. The Labute approximate surface area is 135 Å². The van der Waals surface area contributed by atoms with Gasteiger partial charge in [0.15, 0.2) is 0 Å². The molecule has 1 aliphatic heterocycles. The fourth-order valence-corrected chi connectivity index (χ4v) is 2.88. The summed E-state index contributed by atoms with van der Waals surface area (Å²) < 4.78 is 5.69. The molecular formula is C17H24BrNO2. The molecule has 3 nitrogen and oxygen atoms in total. The number of benzene rings is 1. The second-order valence-corrected chi connectivity index (χ2v) is 7.29. The third-order valence-corrected chi connectivity index (χ3v) is 4.54. The Morgan fingerprint density at radius 3 is 2.95 bits per heavy atom. The molecule has 1 aromatic rings. The molecule has 116 valence electrons. The number of nitrogens with one attached hydrogen (secondary N) is 1. The minimum atomic E-state index is -0.0770. The predicted molar refractivity (Wildman–Crippen MR) is 88.9 cm³/mol. The fraction of sp³-hybridized carbons (Fsp3) is 0.588. The van der Waals surface area contributed by atoms with Crippen LogP contribution in [0, 0.1) is 11.3 Å². The molecular weight excluding hydrogens is 330 g/mol. The number of hydrogen-bond acceptors (Lipinski definition) is 2. The molecule has 0 saturated carbocycles. The van der Waals surface area contributed by atoms with Crippen molar-refractivity contribution in [2.24, 2.45) is 11.3 Å². The van der Waals surface area contributed by atoms with E-state index in [1.54, 1.807) is 0 Å². The summed E-state index contributed by atoms with van der Waals surface area (Å²) in [6.45, 7) is 5.59. The van der Waals surface area contributed by atoms with Crippen molar-refractivity contribution in [2.75, 3.05) is 18.5 Å². The third-order valence-electron chi connectivity index (χ3n) is 3.98. The number of para-hydroxylation sites is 1. The second kappa shape index (κ2) is 7.30. The van der Waals surface area contributed by atoms with Crippen molar-refractivity contribution in [1.82, 2.24) is 5.32 Å². The molecule has 1 aromatic carbocycles. The van der Waals surface area contributed by atoms with Crippen LogP contribution in [0.15, 0.2) is 24.3 Å². The highest BCUT2D eigenvalue weighted by atomic mass is 79.9. The van der Waals surface area contributed by atoms with Gasteiger partial charge in [-0.1, -0.05) is 48.0 Å². The number of halogens is 1. The number of ether oxygens (including phenoxy) is 1. The van der Waals surface area contributed by atoms with E-state index in [4.69, 9.17) is 4.74 Å². The first kappa shape index (κ1) is 16.3. The molecule has 4 heteroatoms. The van der Waals surface area contributed by atoms with E-state index in [9.17, 15) is 4.79 Å². The first-order valence-electron chi connectivity index (χ1n) is 7.56. The summed E-state index contributed by atoms with van der Waals surface area (Å²) in [4.78, 5) is 12.3. The van der Waals surface area contributed by atoms with Crippen LogP contribution in [-0.2, 0) is 11.2 Å². The van der Waals surface area contributed by atoms with E-state index in [0.29, 0.717) is 6.61 Å². The number of carbonyl (C=O) groups excluding carboxylic acids is 1. The Hall–Kier alpha value is -1.03. The molecule has 0 saturated heterocycles. The van der Waals surface area contributed by atoms with E-state index in [2.05, 4.69) is 35.1 Å². The van der Waals surface area contributed by atoms with Crippen LogP contribution in [0.4, 0.5) is 0 Å². The van der Waals surface area contributed by atoms with Gasteiger partial charge in [-0.15, -0.1) is 0 Å². The Morgan fingerprint density at radius 1 is 1.43 bits per heavy atom. The highest BCUT2D eigenvalue weighted by Gasteiger charge is 2.27. The third kappa shape index (κ3) is 4.73. The number of alkyl halides is 1. The predicted octanol–water partition coefficient (Wildman–Crippen LogP) is 3.56. The number of carbonyl (C=O) groups is 1. The quantitative estimate of drug-likeness (QED) is 0.794. The number of rotatable bonds is 6. The van der Waals surface area contributed by atoms with Crippen LogP contribution in [0.3, 0.4) is 0 Å². The van der Waals surface area contributed by atoms with E-state index in [1.165, 1.54) is 0 Å². The maximum Gasteiger partial charge on any atom is 0.226 e. The average Bonchev–Trinajstić information content (AvgIpc) is 2.50. The molecule has 1 aliphatic rings. The minimum Gasteiger partial charge on any atom is -0.492 e. The molecule has 0 spiro atoms. The lowest BCUT2D eigenvalue weighted by Crippen LogP contribution is -2.41. The van der Waals surface area contributed by atoms with Crippen LogP contribution in [0.1, 0.15) is 32.3 Å². The molecule has 1 heterocycles. The van der Waals surface area contributed by atoms with Gasteiger partial charge in [-0.25, -0.2) is 0 Å². The largest absolute Gasteiger partial charge is 0.492 e. The summed E-state index contributed by atoms with van der Waals surface area (Å²) in [6, 6.07) is 7.96. The molecule has 1 amide bonds. The first-order valence-corrected chi connectivity index (χ1v) is 8.68. The summed E-state index contributed by atoms with van der Waals surface area (Å²) in [5.74, 6) is 0.947. The molecule has 1 atom stereocenters. The van der Waals surface area contributed by atoms with Gasteiger partial charge < -0.3 is 10.1 Å². The Balaban J connectivity index is 1.85. The smallest absolute Gasteiger partial charge is 0.226 e. The van der Waals surface area contributed by atoms with E-state index in [1.807, 2.05) is 24.3 Å². The molecule has 0 fully saturated rings. The summed E-state index contributed by atoms with van der Waals surface area (Å²) in [7, 11) is 0. The van der Waals surface area contributed by atoms with E-state index in [-0.39, 0.29) is 17.2 Å². The highest BCUT2D eigenvalue weighted by molar-refractivity contribution is 9.09. The summed E-state index contributed by atoms with van der Waals surface area (Å²) in [5, 5.41) is 4.11. The zero-order valence-corrected chi connectivity index (χ0v) is 14.4. The van der Waals surface area contributed by atoms with Gasteiger partial charge in [0.2, 0.25) is 5.91 Å². The molecule has 0 aliphatic carbocycles. The molecule has 2 rings (SSSR count). The van der Waals surface area contributed by atoms with Gasteiger partial charge in [-0.05, 0) is 36.3 Å². The number of fused-ring (bicyclic) bond motifs is 1. The monoisotopic (exact) mass is 353 g/mol. The van der Waals surface area contributed by atoms with Gasteiger partial charge in [-0.3, -0.25) is 4.79 Å². The van der Waals surface area contributed by atoms with Crippen LogP contribution in [0.25, 0.3) is 0 Å². The molecule has 0 radical (unpaired) electrons. The van der Waals surface area contributed by atoms with Crippen LogP contribution in [0.5, 0.6) is 5.75 Å². The van der Waals surface area contributed by atoms with Gasteiger partial charge in [0.05, 0.1) is 5.92 Å². The normalized spacial score (nSPS) is 17.8. The van der Waals surface area contributed by atoms with E-state index >= 15 is 0 Å². The van der Waals surface area contributed by atoms with E-state index < -0.39 is 0 Å². The van der Waals surface area contributed by atoms with Crippen LogP contribution < -0.4 is 10.1 Å². The maximum absolute atomic E-state index is 12.3. The van der Waals surface area contributed by atoms with E-state index in [0.717, 1.165) is 42.5 Å². The lowest BCUT2D eigenvalue weighted by molar-refractivity contribution is -0.126. The van der Waals surface area contributed by atoms with Crippen molar-refractivity contribution >= 4 is 21.8 Å². The van der Waals surface area contributed by atoms with Crippen molar-refractivity contribution in [3.63, 3.8) is 0 Å². The van der Waals surface area contributed by atoms with Crippen molar-refractivity contribution < 1.29 is 9.53 Å².